The van der Waals surface area contributed by atoms with Gasteiger partial charge in [-0.25, -0.2) is 0 Å². The molecule has 2 aromatic heterocycles. The van der Waals surface area contributed by atoms with Gasteiger partial charge in [0.25, 0.3) is 0 Å². The molecule has 1 N–H and O–H groups in total. The number of rotatable bonds is 6. The highest BCUT2D eigenvalue weighted by Crippen LogP contribution is 2.29. The second kappa shape index (κ2) is 7.94. The standard InChI is InChI=1S/C19H18ClN3O2/c1-25-18-12-17-15(16(20)6-9-22-17)10-13(18)11-19(24)23-8-5-14-4-2-3-7-21-14/h2-4,6-7,9-10,12H,5,8,11H2,1H3,(H,23,24). The van der Waals surface area contributed by atoms with Gasteiger partial charge in [-0.3, -0.25) is 14.8 Å². The Labute approximate surface area is 151 Å². The van der Waals surface area contributed by atoms with Crippen LogP contribution in [-0.4, -0.2) is 29.5 Å². The quantitative estimate of drug-likeness (QED) is 0.737. The van der Waals surface area contributed by atoms with Crippen LogP contribution in [0.5, 0.6) is 5.75 Å². The molecule has 0 spiro atoms. The third-order valence-electron chi connectivity index (χ3n) is 3.87. The lowest BCUT2D eigenvalue weighted by Gasteiger charge is -2.11. The molecule has 0 radical (unpaired) electrons. The van der Waals surface area contributed by atoms with Crippen LogP contribution in [0.15, 0.2) is 48.8 Å². The third kappa shape index (κ3) is 4.25. The molecule has 0 aliphatic rings. The van der Waals surface area contributed by atoms with Crippen LogP contribution in [0.4, 0.5) is 0 Å². The van der Waals surface area contributed by atoms with Gasteiger partial charge in [0.1, 0.15) is 5.75 Å². The lowest BCUT2D eigenvalue weighted by atomic mass is 10.1. The summed E-state index contributed by atoms with van der Waals surface area (Å²) in [6.07, 6.45) is 4.30. The Morgan fingerprint density at radius 3 is 2.84 bits per heavy atom. The smallest absolute Gasteiger partial charge is 0.224 e. The maximum Gasteiger partial charge on any atom is 0.224 e. The number of fused-ring (bicyclic) bond motifs is 1. The second-order valence-electron chi connectivity index (χ2n) is 5.57. The van der Waals surface area contributed by atoms with Crippen molar-refractivity contribution in [3.8, 4) is 5.75 Å². The largest absolute Gasteiger partial charge is 0.496 e. The average Bonchev–Trinajstić information content (AvgIpc) is 2.63. The van der Waals surface area contributed by atoms with E-state index in [0.29, 0.717) is 23.7 Å². The zero-order valence-electron chi connectivity index (χ0n) is 13.8. The van der Waals surface area contributed by atoms with E-state index in [1.165, 1.54) is 0 Å². The Balaban J connectivity index is 1.68. The van der Waals surface area contributed by atoms with E-state index in [4.69, 9.17) is 16.3 Å². The van der Waals surface area contributed by atoms with Crippen molar-refractivity contribution in [3.05, 3.63) is 65.1 Å². The number of aromatic nitrogens is 2. The number of carbonyl (C=O) groups excluding carboxylic acids is 1. The van der Waals surface area contributed by atoms with Crippen molar-refractivity contribution in [2.24, 2.45) is 0 Å². The summed E-state index contributed by atoms with van der Waals surface area (Å²) >= 11 is 6.22. The topological polar surface area (TPSA) is 64.1 Å². The van der Waals surface area contributed by atoms with Gasteiger partial charge in [0.05, 0.1) is 24.1 Å². The molecule has 3 aromatic rings. The molecule has 0 atom stereocenters. The number of pyridine rings is 2. The number of hydrogen-bond acceptors (Lipinski definition) is 4. The fourth-order valence-corrected chi connectivity index (χ4v) is 2.83. The van der Waals surface area contributed by atoms with Crippen LogP contribution in [0.25, 0.3) is 10.9 Å². The zero-order chi connectivity index (χ0) is 17.6. The molecule has 1 aromatic carbocycles. The molecule has 0 aliphatic carbocycles. The van der Waals surface area contributed by atoms with Crippen molar-refractivity contribution in [2.45, 2.75) is 12.8 Å². The molecule has 6 heteroatoms. The van der Waals surface area contributed by atoms with E-state index >= 15 is 0 Å². The molecule has 0 bridgehead atoms. The monoisotopic (exact) mass is 355 g/mol. The van der Waals surface area contributed by atoms with E-state index in [1.54, 1.807) is 31.6 Å². The molecule has 5 nitrogen and oxygen atoms in total. The van der Waals surface area contributed by atoms with Gasteiger partial charge in [-0.1, -0.05) is 17.7 Å². The first-order chi connectivity index (χ1) is 12.2. The van der Waals surface area contributed by atoms with Gasteiger partial charge in [0.15, 0.2) is 0 Å². The number of amides is 1. The first-order valence-electron chi connectivity index (χ1n) is 7.95. The Kier molecular flexibility index (Phi) is 5.46. The summed E-state index contributed by atoms with van der Waals surface area (Å²) in [4.78, 5) is 20.8. The van der Waals surface area contributed by atoms with Crippen LogP contribution in [0.1, 0.15) is 11.3 Å². The molecule has 0 aliphatic heterocycles. The average molecular weight is 356 g/mol. The highest BCUT2D eigenvalue weighted by molar-refractivity contribution is 6.35. The van der Waals surface area contributed by atoms with E-state index in [2.05, 4.69) is 15.3 Å². The van der Waals surface area contributed by atoms with Crippen molar-refractivity contribution in [2.75, 3.05) is 13.7 Å². The second-order valence-corrected chi connectivity index (χ2v) is 5.98. The number of nitrogens with zero attached hydrogens (tertiary/aromatic N) is 2. The summed E-state index contributed by atoms with van der Waals surface area (Å²) < 4.78 is 5.39. The molecular formula is C19H18ClN3O2. The third-order valence-corrected chi connectivity index (χ3v) is 4.20. The molecular weight excluding hydrogens is 338 g/mol. The van der Waals surface area contributed by atoms with E-state index in [-0.39, 0.29) is 12.3 Å². The number of halogens is 1. The number of ether oxygens (including phenoxy) is 1. The van der Waals surface area contributed by atoms with E-state index in [9.17, 15) is 4.79 Å². The number of hydrogen-bond donors (Lipinski definition) is 1. The van der Waals surface area contributed by atoms with Crippen molar-refractivity contribution in [3.63, 3.8) is 0 Å². The lowest BCUT2D eigenvalue weighted by molar-refractivity contribution is -0.120. The first kappa shape index (κ1) is 17.2. The number of nitrogens with one attached hydrogen (secondary N) is 1. The molecule has 3 rings (SSSR count). The van der Waals surface area contributed by atoms with E-state index < -0.39 is 0 Å². The van der Waals surface area contributed by atoms with Gasteiger partial charge in [0, 0.05) is 48.1 Å². The summed E-state index contributed by atoms with van der Waals surface area (Å²) in [5.74, 6) is 0.552. The number of carbonyl (C=O) groups is 1. The maximum absolute atomic E-state index is 12.3. The summed E-state index contributed by atoms with van der Waals surface area (Å²) in [6, 6.07) is 11.1. The van der Waals surface area contributed by atoms with Crippen molar-refractivity contribution in [1.29, 1.82) is 0 Å². The van der Waals surface area contributed by atoms with Crippen molar-refractivity contribution < 1.29 is 9.53 Å². The van der Waals surface area contributed by atoms with Gasteiger partial charge < -0.3 is 10.1 Å². The molecule has 0 unspecified atom stereocenters. The fraction of sp³-hybridized carbons (Fsp3) is 0.211. The minimum Gasteiger partial charge on any atom is -0.496 e. The summed E-state index contributed by atoms with van der Waals surface area (Å²) in [6.45, 7) is 0.536. The predicted molar refractivity (Wildman–Crippen MR) is 98.0 cm³/mol. The normalized spacial score (nSPS) is 10.6. The van der Waals surface area contributed by atoms with E-state index in [1.807, 2.05) is 24.3 Å². The van der Waals surface area contributed by atoms with Crippen molar-refractivity contribution >= 4 is 28.4 Å². The molecule has 128 valence electrons. The van der Waals surface area contributed by atoms with Crippen LogP contribution in [0.3, 0.4) is 0 Å². The van der Waals surface area contributed by atoms with Crippen LogP contribution in [-0.2, 0) is 17.6 Å². The predicted octanol–water partition coefficient (Wildman–Crippen LogP) is 3.19. The SMILES string of the molecule is COc1cc2nccc(Cl)c2cc1CC(=O)NCCc1ccccn1. The maximum atomic E-state index is 12.3. The summed E-state index contributed by atoms with van der Waals surface area (Å²) in [5, 5.41) is 4.32. The first-order valence-corrected chi connectivity index (χ1v) is 8.33. The Morgan fingerprint density at radius 2 is 2.08 bits per heavy atom. The fourth-order valence-electron chi connectivity index (χ4n) is 2.62. The Hall–Kier alpha value is -2.66. The van der Waals surface area contributed by atoms with E-state index in [0.717, 1.165) is 22.2 Å². The van der Waals surface area contributed by atoms with Crippen LogP contribution >= 0.6 is 11.6 Å². The lowest BCUT2D eigenvalue weighted by Crippen LogP contribution is -2.27. The zero-order valence-corrected chi connectivity index (χ0v) is 14.6. The number of methoxy groups -OCH3 is 1. The Morgan fingerprint density at radius 1 is 1.20 bits per heavy atom. The highest BCUT2D eigenvalue weighted by Gasteiger charge is 2.12. The summed E-state index contributed by atoms with van der Waals surface area (Å²) in [5.41, 5.74) is 2.47. The highest BCUT2D eigenvalue weighted by atomic mass is 35.5. The summed E-state index contributed by atoms with van der Waals surface area (Å²) in [7, 11) is 1.58. The molecule has 0 fully saturated rings. The van der Waals surface area contributed by atoms with Crippen LogP contribution in [0.2, 0.25) is 5.02 Å². The van der Waals surface area contributed by atoms with Crippen molar-refractivity contribution in [1.82, 2.24) is 15.3 Å². The molecule has 25 heavy (non-hydrogen) atoms. The van der Waals surface area contributed by atoms with Gasteiger partial charge in [0.2, 0.25) is 5.91 Å². The molecule has 1 amide bonds. The van der Waals surface area contributed by atoms with Gasteiger partial charge in [-0.15, -0.1) is 0 Å². The molecule has 0 saturated carbocycles. The van der Waals surface area contributed by atoms with Crippen LogP contribution in [0, 0.1) is 0 Å². The van der Waals surface area contributed by atoms with Gasteiger partial charge >= 0.3 is 0 Å². The van der Waals surface area contributed by atoms with Crippen LogP contribution < -0.4 is 10.1 Å². The van der Waals surface area contributed by atoms with Gasteiger partial charge in [-0.05, 0) is 24.3 Å². The molecule has 0 saturated heterocycles. The van der Waals surface area contributed by atoms with Gasteiger partial charge in [-0.2, -0.15) is 0 Å². The minimum absolute atomic E-state index is 0.0754. The number of benzene rings is 1. The Bertz CT molecular complexity index is 884. The molecule has 2 heterocycles. The minimum atomic E-state index is -0.0754.